The zero-order valence-corrected chi connectivity index (χ0v) is 14.7. The minimum absolute atomic E-state index is 0.0640. The molecule has 1 amide bonds. The molecule has 0 unspecified atom stereocenters. The molecule has 3 rings (SSSR count). The zero-order valence-electron chi connectivity index (χ0n) is 13.9. The molecule has 0 saturated heterocycles. The number of H-pyrrole nitrogens is 1. The lowest BCUT2D eigenvalue weighted by Crippen LogP contribution is -2.22. The Bertz CT molecular complexity index is 964. The Morgan fingerprint density at radius 2 is 2.16 bits per heavy atom. The number of fused-ring (bicyclic) bond motifs is 3. The Labute approximate surface area is 148 Å². The topological polar surface area (TPSA) is 100 Å². The zero-order chi connectivity index (χ0) is 17.8. The van der Waals surface area contributed by atoms with E-state index in [4.69, 9.17) is 10.2 Å². The number of carbonyl (C=O) groups is 1. The Hall–Kier alpha value is -2.32. The molecular weight excluding hydrogens is 340 g/mol. The molecule has 2 aromatic heterocycles. The van der Waals surface area contributed by atoms with Crippen LogP contribution in [0.5, 0.6) is 0 Å². The quantitative estimate of drug-likeness (QED) is 0.198. The van der Waals surface area contributed by atoms with Crippen LogP contribution < -0.4 is 11.0 Å². The summed E-state index contributed by atoms with van der Waals surface area (Å²) in [6.07, 6.45) is 1.75. The molecule has 0 fully saturated rings. The number of thioether (sulfide) groups is 1. The maximum atomic E-state index is 12.8. The van der Waals surface area contributed by atoms with Crippen LogP contribution >= 0.6 is 11.8 Å². The number of unbranched alkanes of at least 4 members (excludes halogenated alkanes) is 1. The van der Waals surface area contributed by atoms with Gasteiger partial charge in [0, 0.05) is 29.6 Å². The molecule has 0 saturated carbocycles. The lowest BCUT2D eigenvalue weighted by Gasteiger charge is -2.09. The van der Waals surface area contributed by atoms with Crippen LogP contribution in [0.4, 0.5) is 0 Å². The average molecular weight is 360 g/mol. The molecule has 0 radical (unpaired) electrons. The number of aromatic nitrogens is 3. The molecule has 0 spiro atoms. The van der Waals surface area contributed by atoms with E-state index in [1.165, 1.54) is 11.8 Å². The summed E-state index contributed by atoms with van der Waals surface area (Å²) in [5.74, 6) is 0.368. The number of carbonyl (C=O) groups excluding carboxylic acids is 1. The minimum Gasteiger partial charge on any atom is -0.349 e. The molecule has 8 heteroatoms. The number of hydrogen-bond acceptors (Lipinski definition) is 5. The first kappa shape index (κ1) is 17.5. The molecule has 0 aliphatic carbocycles. The molecule has 0 aliphatic rings. The van der Waals surface area contributed by atoms with Crippen LogP contribution in [0.3, 0.4) is 0 Å². The molecule has 25 heavy (non-hydrogen) atoms. The highest BCUT2D eigenvalue weighted by Gasteiger charge is 2.14. The number of rotatable bonds is 7. The van der Waals surface area contributed by atoms with Crippen molar-refractivity contribution in [1.82, 2.24) is 20.0 Å². The number of hydroxylamine groups is 1. The smallest absolute Gasteiger partial charge is 0.278 e. The summed E-state index contributed by atoms with van der Waals surface area (Å²) in [6, 6.07) is 7.75. The molecular formula is C17H20N4O3S. The van der Waals surface area contributed by atoms with Gasteiger partial charge in [-0.15, -0.1) is 0 Å². The van der Waals surface area contributed by atoms with E-state index in [1.54, 1.807) is 10.0 Å². The average Bonchev–Trinajstić information content (AvgIpc) is 3.00. The van der Waals surface area contributed by atoms with E-state index in [-0.39, 0.29) is 17.9 Å². The number of nitrogens with zero attached hydrogens (tertiary/aromatic N) is 2. The summed E-state index contributed by atoms with van der Waals surface area (Å²) in [5, 5.41) is 10.1. The van der Waals surface area contributed by atoms with E-state index in [9.17, 15) is 9.59 Å². The highest BCUT2D eigenvalue weighted by Crippen LogP contribution is 2.25. The van der Waals surface area contributed by atoms with Crippen LogP contribution in [0.1, 0.15) is 26.2 Å². The lowest BCUT2D eigenvalue weighted by molar-refractivity contribution is -0.129. The van der Waals surface area contributed by atoms with Gasteiger partial charge in [-0.3, -0.25) is 19.4 Å². The van der Waals surface area contributed by atoms with Gasteiger partial charge in [0.2, 0.25) is 5.91 Å². The molecule has 0 bridgehead atoms. The van der Waals surface area contributed by atoms with Crippen molar-refractivity contribution in [2.75, 3.05) is 5.75 Å². The van der Waals surface area contributed by atoms with Gasteiger partial charge < -0.3 is 4.98 Å². The van der Waals surface area contributed by atoms with E-state index in [1.807, 2.05) is 31.2 Å². The van der Waals surface area contributed by atoms with Gasteiger partial charge in [0.05, 0.1) is 0 Å². The fourth-order valence-corrected chi connectivity index (χ4v) is 3.83. The molecule has 0 atom stereocenters. The van der Waals surface area contributed by atoms with Crippen molar-refractivity contribution in [3.05, 3.63) is 34.6 Å². The number of amides is 1. The Morgan fingerprint density at radius 1 is 1.36 bits per heavy atom. The summed E-state index contributed by atoms with van der Waals surface area (Å²) in [7, 11) is 0. The Balaban J connectivity index is 1.85. The van der Waals surface area contributed by atoms with E-state index in [0.717, 1.165) is 23.1 Å². The van der Waals surface area contributed by atoms with Crippen molar-refractivity contribution in [3.63, 3.8) is 0 Å². The Morgan fingerprint density at radius 3 is 2.92 bits per heavy atom. The third kappa shape index (κ3) is 3.54. The molecule has 1 aromatic carbocycles. The van der Waals surface area contributed by atoms with Crippen molar-refractivity contribution in [1.29, 1.82) is 0 Å². The van der Waals surface area contributed by atoms with Crippen molar-refractivity contribution in [3.8, 4) is 0 Å². The number of benzene rings is 1. The fourth-order valence-electron chi connectivity index (χ4n) is 2.77. The first-order valence-corrected chi connectivity index (χ1v) is 9.21. The van der Waals surface area contributed by atoms with Gasteiger partial charge in [0.1, 0.15) is 11.0 Å². The molecule has 3 N–H and O–H groups in total. The minimum atomic E-state index is -0.381. The second-order valence-corrected chi connectivity index (χ2v) is 6.74. The summed E-state index contributed by atoms with van der Waals surface area (Å²) < 4.78 is 1.67. The fraction of sp³-hybridized carbons (Fsp3) is 0.353. The van der Waals surface area contributed by atoms with E-state index >= 15 is 0 Å². The molecule has 132 valence electrons. The van der Waals surface area contributed by atoms with Crippen LogP contribution in [0.2, 0.25) is 0 Å². The standard InChI is InChI=1S/C17H20N4O3S/c1-2-21-16(23)15-14(11-7-3-4-8-12(11)18-15)19-17(21)25-10-6-5-9-13(22)20-24/h3-4,7-8,18,24H,2,5-6,9-10H2,1H3,(H,20,22). The van der Waals surface area contributed by atoms with Gasteiger partial charge in [0.15, 0.2) is 5.16 Å². The molecule has 0 aliphatic heterocycles. The highest BCUT2D eigenvalue weighted by molar-refractivity contribution is 7.99. The first-order valence-electron chi connectivity index (χ1n) is 8.22. The maximum absolute atomic E-state index is 12.8. The SMILES string of the molecule is CCn1c(SCCCCC(=O)NO)nc2c([nH]c3ccccc32)c1=O. The molecule has 7 nitrogen and oxygen atoms in total. The van der Waals surface area contributed by atoms with E-state index < -0.39 is 0 Å². The summed E-state index contributed by atoms with van der Waals surface area (Å²) in [4.78, 5) is 31.7. The summed E-state index contributed by atoms with van der Waals surface area (Å²) in [5.41, 5.74) is 3.70. The summed E-state index contributed by atoms with van der Waals surface area (Å²) in [6.45, 7) is 2.47. The van der Waals surface area contributed by atoms with Crippen LogP contribution in [-0.2, 0) is 11.3 Å². The number of hydrogen-bond donors (Lipinski definition) is 3. The second kappa shape index (κ2) is 7.71. The van der Waals surface area contributed by atoms with E-state index in [0.29, 0.717) is 29.2 Å². The van der Waals surface area contributed by atoms with Gasteiger partial charge in [-0.1, -0.05) is 30.0 Å². The lowest BCUT2D eigenvalue weighted by atomic mass is 10.2. The third-order valence-corrected chi connectivity index (χ3v) is 5.11. The van der Waals surface area contributed by atoms with Crippen molar-refractivity contribution in [2.24, 2.45) is 0 Å². The van der Waals surface area contributed by atoms with Crippen LogP contribution in [-0.4, -0.2) is 31.4 Å². The number of para-hydroxylation sites is 1. The van der Waals surface area contributed by atoms with E-state index in [2.05, 4.69) is 4.98 Å². The molecule has 3 aromatic rings. The maximum Gasteiger partial charge on any atom is 0.278 e. The first-order chi connectivity index (χ1) is 12.2. The van der Waals surface area contributed by atoms with Gasteiger partial charge in [-0.25, -0.2) is 10.5 Å². The van der Waals surface area contributed by atoms with Crippen LogP contribution in [0.15, 0.2) is 34.2 Å². The van der Waals surface area contributed by atoms with Crippen molar-refractivity contribution >= 4 is 39.6 Å². The normalized spacial score (nSPS) is 11.3. The van der Waals surface area contributed by atoms with Gasteiger partial charge >= 0.3 is 0 Å². The van der Waals surface area contributed by atoms with Crippen LogP contribution in [0, 0.1) is 0 Å². The molecule has 2 heterocycles. The van der Waals surface area contributed by atoms with Crippen molar-refractivity contribution < 1.29 is 10.0 Å². The van der Waals surface area contributed by atoms with Gasteiger partial charge in [-0.05, 0) is 25.8 Å². The predicted octanol–water partition coefficient (Wildman–Crippen LogP) is 2.67. The largest absolute Gasteiger partial charge is 0.349 e. The Kier molecular flexibility index (Phi) is 5.40. The second-order valence-electron chi connectivity index (χ2n) is 5.68. The van der Waals surface area contributed by atoms with Crippen molar-refractivity contribution in [2.45, 2.75) is 37.9 Å². The van der Waals surface area contributed by atoms with Gasteiger partial charge in [-0.2, -0.15) is 0 Å². The van der Waals surface area contributed by atoms with Crippen LogP contribution in [0.25, 0.3) is 21.9 Å². The summed E-state index contributed by atoms with van der Waals surface area (Å²) >= 11 is 1.52. The van der Waals surface area contributed by atoms with Gasteiger partial charge in [0.25, 0.3) is 5.56 Å². The predicted molar refractivity (Wildman–Crippen MR) is 98.0 cm³/mol. The monoisotopic (exact) mass is 360 g/mol. The third-order valence-electron chi connectivity index (χ3n) is 4.05. The highest BCUT2D eigenvalue weighted by atomic mass is 32.2. The number of nitrogens with one attached hydrogen (secondary N) is 2. The number of aromatic amines is 1.